The Kier molecular flexibility index (Phi) is 3.56. The van der Waals surface area contributed by atoms with Crippen LogP contribution >= 0.6 is 11.3 Å². The number of aromatic nitrogens is 3. The van der Waals surface area contributed by atoms with Crippen LogP contribution in [0.5, 0.6) is 0 Å². The van der Waals surface area contributed by atoms with E-state index in [0.717, 1.165) is 11.4 Å². The Balaban J connectivity index is 2.25. The van der Waals surface area contributed by atoms with Gasteiger partial charge in [0.15, 0.2) is 0 Å². The minimum absolute atomic E-state index is 0.0208. The SMILES string of the molecule is CCC(Nc1nn(C)cc1[N+](=O)[O-])c1nccs1. The van der Waals surface area contributed by atoms with E-state index in [0.29, 0.717) is 0 Å². The molecule has 7 nitrogen and oxygen atoms in total. The van der Waals surface area contributed by atoms with E-state index in [4.69, 9.17) is 0 Å². The topological polar surface area (TPSA) is 85.9 Å². The molecule has 0 spiro atoms. The van der Waals surface area contributed by atoms with Gasteiger partial charge < -0.3 is 5.32 Å². The van der Waals surface area contributed by atoms with Crippen molar-refractivity contribution < 1.29 is 4.92 Å². The van der Waals surface area contributed by atoms with Crippen LogP contribution in [0.3, 0.4) is 0 Å². The predicted molar refractivity (Wildman–Crippen MR) is 68.6 cm³/mol. The van der Waals surface area contributed by atoms with E-state index in [1.54, 1.807) is 13.2 Å². The molecule has 0 radical (unpaired) electrons. The lowest BCUT2D eigenvalue weighted by molar-refractivity contribution is -0.384. The zero-order valence-electron chi connectivity index (χ0n) is 10.0. The third kappa shape index (κ3) is 2.48. The molecular weight excluding hydrogens is 254 g/mol. The maximum Gasteiger partial charge on any atom is 0.330 e. The average molecular weight is 267 g/mol. The second-order valence-corrected chi connectivity index (χ2v) is 4.70. The minimum atomic E-state index is -0.441. The van der Waals surface area contributed by atoms with E-state index >= 15 is 0 Å². The molecule has 1 unspecified atom stereocenters. The molecule has 0 aliphatic carbocycles. The molecular formula is C10H13N5O2S. The summed E-state index contributed by atoms with van der Waals surface area (Å²) in [4.78, 5) is 14.7. The molecule has 0 aromatic carbocycles. The average Bonchev–Trinajstić information content (AvgIpc) is 2.94. The maximum atomic E-state index is 10.9. The lowest BCUT2D eigenvalue weighted by atomic mass is 10.2. The van der Waals surface area contributed by atoms with Crippen molar-refractivity contribution in [1.29, 1.82) is 0 Å². The van der Waals surface area contributed by atoms with Crippen LogP contribution in [0, 0.1) is 10.1 Å². The van der Waals surface area contributed by atoms with Gasteiger partial charge in [-0.05, 0) is 6.42 Å². The zero-order chi connectivity index (χ0) is 13.1. The normalized spacial score (nSPS) is 12.3. The van der Waals surface area contributed by atoms with Gasteiger partial charge in [-0.3, -0.25) is 14.8 Å². The highest BCUT2D eigenvalue weighted by molar-refractivity contribution is 7.09. The molecule has 0 saturated heterocycles. The van der Waals surface area contributed by atoms with Gasteiger partial charge in [-0.25, -0.2) is 4.98 Å². The molecule has 2 aromatic rings. The number of nitrogens with zero attached hydrogens (tertiary/aromatic N) is 4. The molecule has 2 heterocycles. The first-order chi connectivity index (χ1) is 8.61. The van der Waals surface area contributed by atoms with Gasteiger partial charge >= 0.3 is 5.69 Å². The van der Waals surface area contributed by atoms with Gasteiger partial charge in [0.25, 0.3) is 0 Å². The number of thiazole rings is 1. The lowest BCUT2D eigenvalue weighted by Gasteiger charge is -2.12. The van der Waals surface area contributed by atoms with Crippen LogP contribution in [0.1, 0.15) is 24.4 Å². The highest BCUT2D eigenvalue weighted by Gasteiger charge is 2.22. The number of hydrogen-bond donors (Lipinski definition) is 1. The van der Waals surface area contributed by atoms with Crippen molar-refractivity contribution in [2.75, 3.05) is 5.32 Å². The summed E-state index contributed by atoms with van der Waals surface area (Å²) in [6.45, 7) is 1.99. The van der Waals surface area contributed by atoms with Crippen LogP contribution < -0.4 is 5.32 Å². The number of hydrogen-bond acceptors (Lipinski definition) is 6. The fraction of sp³-hybridized carbons (Fsp3) is 0.400. The molecule has 1 atom stereocenters. The fourth-order valence-electron chi connectivity index (χ4n) is 1.62. The number of nitro groups is 1. The summed E-state index contributed by atoms with van der Waals surface area (Å²) in [5, 5.41) is 20.8. The van der Waals surface area contributed by atoms with Gasteiger partial charge in [0, 0.05) is 18.6 Å². The molecule has 0 bridgehead atoms. The summed E-state index contributed by atoms with van der Waals surface area (Å²) in [7, 11) is 1.66. The summed E-state index contributed by atoms with van der Waals surface area (Å²) in [5.74, 6) is 0.282. The third-order valence-electron chi connectivity index (χ3n) is 2.47. The van der Waals surface area contributed by atoms with Crippen LogP contribution in [0.25, 0.3) is 0 Å². The largest absolute Gasteiger partial charge is 0.354 e. The standard InChI is InChI=1S/C10H13N5O2S/c1-3-7(10-11-4-5-18-10)12-9-8(15(16)17)6-14(2)13-9/h4-7H,3H2,1-2H3,(H,12,13). The van der Waals surface area contributed by atoms with Gasteiger partial charge in [-0.1, -0.05) is 6.92 Å². The van der Waals surface area contributed by atoms with Gasteiger partial charge in [0.1, 0.15) is 11.2 Å². The van der Waals surface area contributed by atoms with E-state index in [1.807, 2.05) is 12.3 Å². The van der Waals surface area contributed by atoms with Crippen LogP contribution in [0.15, 0.2) is 17.8 Å². The molecule has 0 fully saturated rings. The Morgan fingerprint density at radius 3 is 3.00 bits per heavy atom. The number of anilines is 1. The fourth-order valence-corrected chi connectivity index (χ4v) is 2.40. The van der Waals surface area contributed by atoms with Crippen molar-refractivity contribution in [3.8, 4) is 0 Å². The zero-order valence-corrected chi connectivity index (χ0v) is 10.8. The van der Waals surface area contributed by atoms with Crippen molar-refractivity contribution >= 4 is 22.8 Å². The van der Waals surface area contributed by atoms with Crippen LogP contribution in [0.2, 0.25) is 0 Å². The predicted octanol–water partition coefficient (Wildman–Crippen LogP) is 2.35. The van der Waals surface area contributed by atoms with Gasteiger partial charge in [-0.15, -0.1) is 16.4 Å². The van der Waals surface area contributed by atoms with Crippen molar-refractivity contribution in [1.82, 2.24) is 14.8 Å². The molecule has 2 rings (SSSR count). The number of rotatable bonds is 5. The molecule has 18 heavy (non-hydrogen) atoms. The molecule has 0 aliphatic heterocycles. The van der Waals surface area contributed by atoms with E-state index in [2.05, 4.69) is 15.4 Å². The van der Waals surface area contributed by atoms with E-state index in [9.17, 15) is 10.1 Å². The Morgan fingerprint density at radius 2 is 2.44 bits per heavy atom. The van der Waals surface area contributed by atoms with E-state index in [1.165, 1.54) is 22.2 Å². The molecule has 2 aromatic heterocycles. The molecule has 0 saturated carbocycles. The summed E-state index contributed by atoms with van der Waals surface area (Å²) in [5.41, 5.74) is -0.0208. The first-order valence-electron chi connectivity index (χ1n) is 5.45. The molecule has 96 valence electrons. The quantitative estimate of drug-likeness (QED) is 0.663. The number of aryl methyl sites for hydroxylation is 1. The van der Waals surface area contributed by atoms with Gasteiger partial charge in [0.2, 0.25) is 5.82 Å². The minimum Gasteiger partial charge on any atom is -0.354 e. The Bertz CT molecular complexity index is 536. The summed E-state index contributed by atoms with van der Waals surface area (Å²) in [6.07, 6.45) is 3.88. The number of nitrogens with one attached hydrogen (secondary N) is 1. The van der Waals surface area contributed by atoms with Gasteiger partial charge in [0.05, 0.1) is 11.0 Å². The van der Waals surface area contributed by atoms with Crippen molar-refractivity contribution in [3.63, 3.8) is 0 Å². The Labute approximate surface area is 108 Å². The highest BCUT2D eigenvalue weighted by Crippen LogP contribution is 2.28. The van der Waals surface area contributed by atoms with Crippen molar-refractivity contribution in [2.24, 2.45) is 7.05 Å². The first kappa shape index (κ1) is 12.5. The maximum absolute atomic E-state index is 10.9. The first-order valence-corrected chi connectivity index (χ1v) is 6.33. The molecule has 1 N–H and O–H groups in total. The Hall–Kier alpha value is -1.96. The van der Waals surface area contributed by atoms with Crippen LogP contribution in [0.4, 0.5) is 11.5 Å². The highest BCUT2D eigenvalue weighted by atomic mass is 32.1. The van der Waals surface area contributed by atoms with E-state index < -0.39 is 4.92 Å². The summed E-state index contributed by atoms with van der Waals surface area (Å²) < 4.78 is 1.43. The molecule has 0 amide bonds. The van der Waals surface area contributed by atoms with Crippen molar-refractivity contribution in [3.05, 3.63) is 32.9 Å². The third-order valence-corrected chi connectivity index (χ3v) is 3.36. The van der Waals surface area contributed by atoms with Crippen LogP contribution in [-0.2, 0) is 7.05 Å². The van der Waals surface area contributed by atoms with Gasteiger partial charge in [-0.2, -0.15) is 0 Å². The second kappa shape index (κ2) is 5.13. The lowest BCUT2D eigenvalue weighted by Crippen LogP contribution is -2.11. The summed E-state index contributed by atoms with van der Waals surface area (Å²) >= 11 is 1.52. The van der Waals surface area contributed by atoms with Crippen LogP contribution in [-0.4, -0.2) is 19.7 Å². The molecule has 8 heteroatoms. The second-order valence-electron chi connectivity index (χ2n) is 3.77. The molecule has 0 aliphatic rings. The van der Waals surface area contributed by atoms with Crippen molar-refractivity contribution in [2.45, 2.75) is 19.4 Å². The van der Waals surface area contributed by atoms with E-state index in [-0.39, 0.29) is 17.5 Å². The Morgan fingerprint density at radius 1 is 1.67 bits per heavy atom. The monoisotopic (exact) mass is 267 g/mol. The smallest absolute Gasteiger partial charge is 0.330 e. The summed E-state index contributed by atoms with van der Waals surface area (Å²) in [6, 6.07) is -0.0569.